The van der Waals surface area contributed by atoms with Crippen LogP contribution in [0.25, 0.3) is 0 Å². The molecule has 10 heavy (non-hydrogen) atoms. The summed E-state index contributed by atoms with van der Waals surface area (Å²) in [6.07, 6.45) is 6.01. The molecule has 1 saturated carbocycles. The third-order valence-corrected chi connectivity index (χ3v) is 2.88. The Hall–Kier alpha value is -0.0400. The Morgan fingerprint density at radius 2 is 2.00 bits per heavy atom. The largest absolute Gasteiger partial charge is 0.390 e. The Morgan fingerprint density at radius 3 is 2.70 bits per heavy atom. The van der Waals surface area contributed by atoms with Gasteiger partial charge in [-0.1, -0.05) is 26.2 Å². The third kappa shape index (κ3) is 1.72. The molecule has 1 rings (SSSR count). The van der Waals surface area contributed by atoms with Gasteiger partial charge in [0.1, 0.15) is 0 Å². The minimum Gasteiger partial charge on any atom is -0.390 e. The lowest BCUT2D eigenvalue weighted by molar-refractivity contribution is 0.000446. The maximum atomic E-state index is 9.82. The molecule has 0 amide bonds. The molecule has 0 unspecified atom stereocenters. The van der Waals surface area contributed by atoms with E-state index in [1.54, 1.807) is 0 Å². The van der Waals surface area contributed by atoms with E-state index >= 15 is 0 Å². The molecule has 1 heteroatoms. The lowest BCUT2D eigenvalue weighted by Gasteiger charge is -2.27. The van der Waals surface area contributed by atoms with Crippen molar-refractivity contribution in [2.75, 3.05) is 0 Å². The van der Waals surface area contributed by atoms with Crippen LogP contribution in [0.2, 0.25) is 0 Å². The molecular weight excluding hydrogens is 124 g/mol. The molecule has 60 valence electrons. The summed E-state index contributed by atoms with van der Waals surface area (Å²) in [6.45, 7) is 4.13. The fraction of sp³-hybridized carbons (Fsp3) is 1.00. The van der Waals surface area contributed by atoms with Gasteiger partial charge in [0.25, 0.3) is 0 Å². The fourth-order valence-electron chi connectivity index (χ4n) is 1.67. The second kappa shape index (κ2) is 2.91. The van der Waals surface area contributed by atoms with Crippen LogP contribution in [0, 0.1) is 5.92 Å². The van der Waals surface area contributed by atoms with E-state index in [2.05, 4.69) is 6.92 Å². The van der Waals surface area contributed by atoms with Crippen molar-refractivity contribution in [1.29, 1.82) is 0 Å². The predicted octanol–water partition coefficient (Wildman–Crippen LogP) is 2.34. The summed E-state index contributed by atoms with van der Waals surface area (Å²) in [4.78, 5) is 0. The van der Waals surface area contributed by atoms with Crippen molar-refractivity contribution in [3.05, 3.63) is 0 Å². The van der Waals surface area contributed by atoms with E-state index in [0.29, 0.717) is 5.92 Å². The number of rotatable bonds is 0. The third-order valence-electron chi connectivity index (χ3n) is 2.88. The molecular formula is C9H18O. The topological polar surface area (TPSA) is 20.2 Å². The highest BCUT2D eigenvalue weighted by atomic mass is 16.3. The maximum Gasteiger partial charge on any atom is 0.0645 e. The monoisotopic (exact) mass is 142 g/mol. The van der Waals surface area contributed by atoms with Crippen molar-refractivity contribution < 1.29 is 5.11 Å². The van der Waals surface area contributed by atoms with Crippen molar-refractivity contribution in [2.45, 2.75) is 51.6 Å². The summed E-state index contributed by atoms with van der Waals surface area (Å²) in [5.41, 5.74) is -0.378. The summed E-state index contributed by atoms with van der Waals surface area (Å²) >= 11 is 0. The first-order valence-electron chi connectivity index (χ1n) is 4.35. The highest BCUT2D eigenvalue weighted by molar-refractivity contribution is 4.81. The molecule has 1 aliphatic carbocycles. The van der Waals surface area contributed by atoms with Crippen molar-refractivity contribution in [2.24, 2.45) is 5.92 Å². The second-order valence-corrected chi connectivity index (χ2v) is 3.86. The zero-order valence-electron chi connectivity index (χ0n) is 7.06. The predicted molar refractivity (Wildman–Crippen MR) is 42.9 cm³/mol. The van der Waals surface area contributed by atoms with Crippen molar-refractivity contribution >= 4 is 0 Å². The molecule has 0 bridgehead atoms. The van der Waals surface area contributed by atoms with E-state index in [0.717, 1.165) is 6.42 Å². The van der Waals surface area contributed by atoms with Gasteiger partial charge in [-0.2, -0.15) is 0 Å². The van der Waals surface area contributed by atoms with Crippen molar-refractivity contribution in [1.82, 2.24) is 0 Å². The molecule has 1 aliphatic rings. The van der Waals surface area contributed by atoms with Gasteiger partial charge in [-0.05, 0) is 25.7 Å². The summed E-state index contributed by atoms with van der Waals surface area (Å²) in [7, 11) is 0. The molecule has 0 saturated heterocycles. The number of hydrogen-bond acceptors (Lipinski definition) is 1. The zero-order chi connectivity index (χ0) is 7.61. The van der Waals surface area contributed by atoms with Gasteiger partial charge < -0.3 is 5.11 Å². The average molecular weight is 142 g/mol. The smallest absolute Gasteiger partial charge is 0.0645 e. The van der Waals surface area contributed by atoms with Gasteiger partial charge >= 0.3 is 0 Å². The Morgan fingerprint density at radius 1 is 1.30 bits per heavy atom. The van der Waals surface area contributed by atoms with Crippen molar-refractivity contribution in [3.63, 3.8) is 0 Å². The molecule has 0 aromatic heterocycles. The lowest BCUT2D eigenvalue weighted by Crippen LogP contribution is -2.31. The number of hydrogen-bond donors (Lipinski definition) is 1. The van der Waals surface area contributed by atoms with Gasteiger partial charge in [-0.3, -0.25) is 0 Å². The van der Waals surface area contributed by atoms with Crippen molar-refractivity contribution in [3.8, 4) is 0 Å². The zero-order valence-corrected chi connectivity index (χ0v) is 7.06. The van der Waals surface area contributed by atoms with Crippen LogP contribution in [0.15, 0.2) is 0 Å². The molecule has 0 radical (unpaired) electrons. The van der Waals surface area contributed by atoms with E-state index in [1.165, 1.54) is 25.7 Å². The number of aliphatic hydroxyl groups is 1. The van der Waals surface area contributed by atoms with Gasteiger partial charge in [-0.25, -0.2) is 0 Å². The summed E-state index contributed by atoms with van der Waals surface area (Å²) in [6, 6.07) is 0. The molecule has 0 spiro atoms. The van der Waals surface area contributed by atoms with Gasteiger partial charge in [0.2, 0.25) is 0 Å². The van der Waals surface area contributed by atoms with E-state index in [9.17, 15) is 5.11 Å². The SMILES string of the molecule is C[C@@H]1CCCCC[C@@]1(C)O. The van der Waals surface area contributed by atoms with Crippen LogP contribution in [-0.2, 0) is 0 Å². The van der Waals surface area contributed by atoms with Crippen LogP contribution in [0.4, 0.5) is 0 Å². The Balaban J connectivity index is 2.52. The quantitative estimate of drug-likeness (QED) is 0.515. The van der Waals surface area contributed by atoms with Gasteiger partial charge in [0.05, 0.1) is 5.60 Å². The fourth-order valence-corrected chi connectivity index (χ4v) is 1.67. The van der Waals surface area contributed by atoms with E-state index in [4.69, 9.17) is 0 Å². The van der Waals surface area contributed by atoms with Gasteiger partial charge in [0, 0.05) is 0 Å². The molecule has 0 aromatic carbocycles. The second-order valence-electron chi connectivity index (χ2n) is 3.86. The van der Waals surface area contributed by atoms with E-state index < -0.39 is 0 Å². The first-order valence-corrected chi connectivity index (χ1v) is 4.35. The Bertz CT molecular complexity index is 107. The Kier molecular flexibility index (Phi) is 2.35. The van der Waals surface area contributed by atoms with Crippen LogP contribution in [0.1, 0.15) is 46.0 Å². The first kappa shape index (κ1) is 8.06. The lowest BCUT2D eigenvalue weighted by atomic mass is 9.87. The van der Waals surface area contributed by atoms with Crippen LogP contribution in [0.3, 0.4) is 0 Å². The standard InChI is InChI=1S/C9H18O/c1-8-6-4-3-5-7-9(8,2)10/h8,10H,3-7H2,1-2H3/t8-,9-/m1/s1. The molecule has 0 aliphatic heterocycles. The Labute approximate surface area is 63.4 Å². The van der Waals surface area contributed by atoms with E-state index in [1.807, 2.05) is 6.92 Å². The van der Waals surface area contributed by atoms with Gasteiger partial charge in [0.15, 0.2) is 0 Å². The average Bonchev–Trinajstić information content (AvgIpc) is 1.96. The van der Waals surface area contributed by atoms with Crippen LogP contribution >= 0.6 is 0 Å². The molecule has 2 atom stereocenters. The van der Waals surface area contributed by atoms with Crippen LogP contribution in [0.5, 0.6) is 0 Å². The normalized spacial score (nSPS) is 42.9. The van der Waals surface area contributed by atoms with E-state index in [-0.39, 0.29) is 5.60 Å². The van der Waals surface area contributed by atoms with Crippen LogP contribution in [-0.4, -0.2) is 10.7 Å². The summed E-state index contributed by atoms with van der Waals surface area (Å²) < 4.78 is 0. The molecule has 0 aromatic rings. The first-order chi connectivity index (χ1) is 4.63. The molecule has 1 N–H and O–H groups in total. The van der Waals surface area contributed by atoms with Gasteiger partial charge in [-0.15, -0.1) is 0 Å². The minimum absolute atomic E-state index is 0.378. The highest BCUT2D eigenvalue weighted by Gasteiger charge is 2.28. The summed E-state index contributed by atoms with van der Waals surface area (Å²) in [5.74, 6) is 0.495. The molecule has 0 heterocycles. The maximum absolute atomic E-state index is 9.82. The highest BCUT2D eigenvalue weighted by Crippen LogP contribution is 2.31. The molecule has 1 fully saturated rings. The van der Waals surface area contributed by atoms with Crippen LogP contribution < -0.4 is 0 Å². The summed E-state index contributed by atoms with van der Waals surface area (Å²) in [5, 5.41) is 9.82. The minimum atomic E-state index is -0.378. The molecule has 1 nitrogen and oxygen atoms in total.